The van der Waals surface area contributed by atoms with E-state index >= 15 is 0 Å². The molecular formula is C20H27F3N6O3S. The van der Waals surface area contributed by atoms with Crippen LogP contribution in [0.4, 0.5) is 24.9 Å². The van der Waals surface area contributed by atoms with Crippen LogP contribution in [0.2, 0.25) is 0 Å². The Kier molecular flexibility index (Phi) is 6.40. The number of sulfonamides is 1. The zero-order valence-electron chi connectivity index (χ0n) is 18.3. The smallest absolute Gasteiger partial charge is 0.267 e. The second-order valence-electron chi connectivity index (χ2n) is 8.72. The molecule has 1 aliphatic heterocycles. The highest BCUT2D eigenvalue weighted by atomic mass is 32.2. The van der Waals surface area contributed by atoms with E-state index in [0.29, 0.717) is 18.2 Å². The molecule has 3 heterocycles. The zero-order chi connectivity index (χ0) is 24.0. The number of rotatable bonds is 6. The van der Waals surface area contributed by atoms with Crippen molar-refractivity contribution in [2.75, 3.05) is 30.0 Å². The Morgan fingerprint density at radius 3 is 2.64 bits per heavy atom. The standard InChI is InChI=1S/C20H27F3N6O3S/c1-11(21)14-8-12-9-24-19(26-13-5-7-29(10-15(13)30)33(2,31)32)28-17(12)18(25-14)27-16-4-3-6-20(16,22)23/h8-9,11,13,15-16,30H,3-7,10H2,1-2H3,(H,25,27)(H,24,26,28)/t11?,13-,15+,16+/m0/s1. The van der Waals surface area contributed by atoms with Crippen molar-refractivity contribution in [1.82, 2.24) is 19.3 Å². The molecule has 2 aromatic heterocycles. The molecule has 9 nitrogen and oxygen atoms in total. The van der Waals surface area contributed by atoms with E-state index < -0.39 is 40.3 Å². The summed E-state index contributed by atoms with van der Waals surface area (Å²) in [6.07, 6.45) is 0.845. The summed E-state index contributed by atoms with van der Waals surface area (Å²) in [5.41, 5.74) is 0.335. The van der Waals surface area contributed by atoms with Gasteiger partial charge in [-0.2, -0.15) is 4.31 Å². The van der Waals surface area contributed by atoms with E-state index in [2.05, 4.69) is 25.6 Å². The van der Waals surface area contributed by atoms with E-state index in [1.807, 2.05) is 0 Å². The monoisotopic (exact) mass is 488 g/mol. The normalized spacial score (nSPS) is 26.9. The van der Waals surface area contributed by atoms with Gasteiger partial charge in [0, 0.05) is 31.1 Å². The van der Waals surface area contributed by atoms with Crippen LogP contribution < -0.4 is 10.6 Å². The fraction of sp³-hybridized carbons (Fsp3) is 0.650. The summed E-state index contributed by atoms with van der Waals surface area (Å²) >= 11 is 0. The van der Waals surface area contributed by atoms with Crippen molar-refractivity contribution in [2.24, 2.45) is 0 Å². The molecule has 1 saturated carbocycles. The van der Waals surface area contributed by atoms with Crippen molar-refractivity contribution in [3.63, 3.8) is 0 Å². The van der Waals surface area contributed by atoms with E-state index in [1.54, 1.807) is 0 Å². The molecule has 4 atom stereocenters. The molecule has 0 radical (unpaired) electrons. The van der Waals surface area contributed by atoms with Crippen LogP contribution in [0, 0.1) is 0 Å². The number of pyridine rings is 1. The molecule has 1 unspecified atom stereocenters. The Hall–Kier alpha value is -2.25. The average molecular weight is 489 g/mol. The van der Waals surface area contributed by atoms with E-state index in [1.165, 1.54) is 23.5 Å². The SMILES string of the molecule is CC(F)c1cc2cnc(N[C@H]3CCN(S(C)(=O)=O)C[C@H]3O)nc2c(N[C@@H]2CCCC2(F)F)n1. The number of aliphatic hydroxyl groups is 1. The van der Waals surface area contributed by atoms with Crippen LogP contribution in [0.3, 0.4) is 0 Å². The number of nitrogens with one attached hydrogen (secondary N) is 2. The Bertz CT molecular complexity index is 1130. The highest BCUT2D eigenvalue weighted by Gasteiger charge is 2.44. The first kappa shape index (κ1) is 23.9. The largest absolute Gasteiger partial charge is 0.390 e. The molecule has 2 aliphatic rings. The van der Waals surface area contributed by atoms with E-state index in [4.69, 9.17) is 0 Å². The zero-order valence-corrected chi connectivity index (χ0v) is 19.1. The first-order chi connectivity index (χ1) is 15.4. The highest BCUT2D eigenvalue weighted by Crippen LogP contribution is 2.38. The predicted octanol–water partition coefficient (Wildman–Crippen LogP) is 2.46. The molecular weight excluding hydrogens is 461 g/mol. The molecule has 0 aromatic carbocycles. The van der Waals surface area contributed by atoms with Crippen molar-refractivity contribution >= 4 is 32.7 Å². The first-order valence-electron chi connectivity index (χ1n) is 10.8. The predicted molar refractivity (Wildman–Crippen MR) is 118 cm³/mol. The second kappa shape index (κ2) is 8.84. The lowest BCUT2D eigenvalue weighted by Crippen LogP contribution is -2.51. The van der Waals surface area contributed by atoms with Gasteiger partial charge in [-0.25, -0.2) is 36.5 Å². The van der Waals surface area contributed by atoms with Gasteiger partial charge in [0.1, 0.15) is 11.7 Å². The molecule has 0 bridgehead atoms. The Morgan fingerprint density at radius 1 is 1.27 bits per heavy atom. The average Bonchev–Trinajstić information content (AvgIpc) is 3.06. The van der Waals surface area contributed by atoms with Crippen LogP contribution in [0.15, 0.2) is 12.3 Å². The van der Waals surface area contributed by atoms with Gasteiger partial charge in [-0.15, -0.1) is 0 Å². The number of fused-ring (bicyclic) bond motifs is 1. The molecule has 3 N–H and O–H groups in total. The lowest BCUT2D eigenvalue weighted by molar-refractivity contribution is -0.000660. The number of alkyl halides is 3. The Labute approximate surface area is 189 Å². The van der Waals surface area contributed by atoms with Gasteiger partial charge < -0.3 is 15.7 Å². The summed E-state index contributed by atoms with van der Waals surface area (Å²) < 4.78 is 67.1. The minimum Gasteiger partial charge on any atom is -0.390 e. The number of piperidine rings is 1. The first-order valence-corrected chi connectivity index (χ1v) is 12.6. The molecule has 13 heteroatoms. The summed E-state index contributed by atoms with van der Waals surface area (Å²) in [4.78, 5) is 12.8. The van der Waals surface area contributed by atoms with Gasteiger partial charge in [-0.1, -0.05) is 0 Å². The minimum absolute atomic E-state index is 0.0523. The van der Waals surface area contributed by atoms with Crippen molar-refractivity contribution < 1.29 is 26.7 Å². The van der Waals surface area contributed by atoms with Gasteiger partial charge in [0.2, 0.25) is 16.0 Å². The summed E-state index contributed by atoms with van der Waals surface area (Å²) in [5.74, 6) is -2.73. The van der Waals surface area contributed by atoms with E-state index in [0.717, 1.165) is 6.26 Å². The van der Waals surface area contributed by atoms with Crippen molar-refractivity contribution in [1.29, 1.82) is 0 Å². The van der Waals surface area contributed by atoms with Crippen LogP contribution in [-0.2, 0) is 10.0 Å². The number of aromatic nitrogens is 3. The number of anilines is 2. The Morgan fingerprint density at radius 2 is 2.03 bits per heavy atom. The third kappa shape index (κ3) is 5.14. The van der Waals surface area contributed by atoms with Gasteiger partial charge in [-0.3, -0.25) is 0 Å². The maximum atomic E-state index is 14.2. The number of halogens is 3. The molecule has 1 aliphatic carbocycles. The van der Waals surface area contributed by atoms with Crippen molar-refractivity contribution in [3.8, 4) is 0 Å². The van der Waals surface area contributed by atoms with Crippen LogP contribution in [0.1, 0.15) is 44.5 Å². The lowest BCUT2D eigenvalue weighted by Gasteiger charge is -2.34. The third-order valence-corrected chi connectivity index (χ3v) is 7.41. The van der Waals surface area contributed by atoms with Crippen LogP contribution in [0.25, 0.3) is 10.9 Å². The van der Waals surface area contributed by atoms with Gasteiger partial charge in [0.15, 0.2) is 5.82 Å². The summed E-state index contributed by atoms with van der Waals surface area (Å²) in [5, 5.41) is 16.6. The molecule has 0 amide bonds. The quantitative estimate of drug-likeness (QED) is 0.567. The highest BCUT2D eigenvalue weighted by molar-refractivity contribution is 7.88. The topological polar surface area (TPSA) is 120 Å². The van der Waals surface area contributed by atoms with Crippen molar-refractivity contribution in [2.45, 2.75) is 62.9 Å². The van der Waals surface area contributed by atoms with Crippen molar-refractivity contribution in [3.05, 3.63) is 18.0 Å². The van der Waals surface area contributed by atoms with Gasteiger partial charge in [0.25, 0.3) is 5.92 Å². The summed E-state index contributed by atoms with van der Waals surface area (Å²) in [6.45, 7) is 1.47. The third-order valence-electron chi connectivity index (χ3n) is 6.15. The number of aliphatic hydroxyl groups excluding tert-OH is 1. The number of hydrogen-bond acceptors (Lipinski definition) is 8. The maximum Gasteiger partial charge on any atom is 0.267 e. The van der Waals surface area contributed by atoms with Crippen LogP contribution >= 0.6 is 0 Å². The van der Waals surface area contributed by atoms with Gasteiger partial charge in [0.05, 0.1) is 30.1 Å². The second-order valence-corrected chi connectivity index (χ2v) is 10.7. The number of β-amino-alcohol motifs (C(OH)–C–C–N with tert-alkyl or cyclic N) is 1. The van der Waals surface area contributed by atoms with Crippen LogP contribution in [-0.4, -0.2) is 76.2 Å². The molecule has 4 rings (SSSR count). The van der Waals surface area contributed by atoms with Crippen LogP contribution in [0.5, 0.6) is 0 Å². The molecule has 0 spiro atoms. The molecule has 2 aromatic rings. The number of hydrogen-bond donors (Lipinski definition) is 3. The molecule has 33 heavy (non-hydrogen) atoms. The molecule has 1 saturated heterocycles. The fourth-order valence-corrected chi connectivity index (χ4v) is 5.10. The van der Waals surface area contributed by atoms with E-state index in [9.17, 15) is 26.7 Å². The summed E-state index contributed by atoms with van der Waals surface area (Å²) in [6, 6.07) is -0.165. The summed E-state index contributed by atoms with van der Waals surface area (Å²) in [7, 11) is -3.42. The maximum absolute atomic E-state index is 14.2. The lowest BCUT2D eigenvalue weighted by atomic mass is 10.0. The van der Waals surface area contributed by atoms with Gasteiger partial charge in [-0.05, 0) is 32.3 Å². The van der Waals surface area contributed by atoms with Gasteiger partial charge >= 0.3 is 0 Å². The number of nitrogens with zero attached hydrogens (tertiary/aromatic N) is 4. The molecule has 2 fully saturated rings. The van der Waals surface area contributed by atoms with E-state index in [-0.39, 0.29) is 48.9 Å². The fourth-order valence-electron chi connectivity index (χ4n) is 4.24. The minimum atomic E-state index is -3.42. The Balaban J connectivity index is 1.61. The molecule has 182 valence electrons.